The van der Waals surface area contributed by atoms with Crippen LogP contribution in [-0.2, 0) is 20.7 Å². The maximum atomic E-state index is 11.9. The lowest BCUT2D eigenvalue weighted by Crippen LogP contribution is -2.21. The second-order valence-electron chi connectivity index (χ2n) is 4.73. The number of thiophene rings is 1. The van der Waals surface area contributed by atoms with E-state index in [4.69, 9.17) is 10.00 Å². The molecule has 1 heterocycles. The van der Waals surface area contributed by atoms with E-state index in [1.54, 1.807) is 23.5 Å². The molecular weight excluding hydrogens is 344 g/mol. The first-order valence-electron chi connectivity index (χ1n) is 7.25. The first kappa shape index (κ1) is 18.0. The van der Waals surface area contributed by atoms with Crippen LogP contribution in [0.4, 0.5) is 5.69 Å². The van der Waals surface area contributed by atoms with Gasteiger partial charge in [-0.15, -0.1) is 23.1 Å². The molecule has 24 heavy (non-hydrogen) atoms. The number of carbonyl (C=O) groups excluding carboxylic acids is 2. The Morgan fingerprint density at radius 2 is 2.08 bits per heavy atom. The summed E-state index contributed by atoms with van der Waals surface area (Å²) in [6, 6.07) is 13.1. The van der Waals surface area contributed by atoms with E-state index in [-0.39, 0.29) is 13.0 Å². The van der Waals surface area contributed by atoms with Gasteiger partial charge in [0.15, 0.2) is 6.61 Å². The lowest BCUT2D eigenvalue weighted by atomic mass is 10.3. The number of para-hydroxylation sites is 1. The average Bonchev–Trinajstić information content (AvgIpc) is 3.11. The van der Waals surface area contributed by atoms with Crippen LogP contribution in [0.1, 0.15) is 11.3 Å². The van der Waals surface area contributed by atoms with Crippen molar-refractivity contribution >= 4 is 40.7 Å². The Bertz CT molecular complexity index is 724. The summed E-state index contributed by atoms with van der Waals surface area (Å²) in [6.07, 6.45) is 0.869. The van der Waals surface area contributed by atoms with Gasteiger partial charge in [-0.1, -0.05) is 18.2 Å². The van der Waals surface area contributed by atoms with E-state index in [1.165, 1.54) is 11.8 Å². The molecule has 0 aliphatic carbocycles. The minimum Gasteiger partial charge on any atom is -0.456 e. The first-order valence-corrected chi connectivity index (χ1v) is 9.12. The molecule has 5 nitrogen and oxygen atoms in total. The molecule has 1 N–H and O–H groups in total. The molecule has 0 saturated heterocycles. The SMILES string of the molecule is N#CCSc1ccccc1NC(=O)COC(=O)CCc1cccs1. The summed E-state index contributed by atoms with van der Waals surface area (Å²) in [4.78, 5) is 25.5. The molecule has 0 saturated carbocycles. The van der Waals surface area contributed by atoms with Crippen molar-refractivity contribution in [3.8, 4) is 6.07 Å². The van der Waals surface area contributed by atoms with E-state index < -0.39 is 11.9 Å². The molecule has 0 fully saturated rings. The lowest BCUT2D eigenvalue weighted by molar-refractivity contribution is -0.147. The number of rotatable bonds is 8. The summed E-state index contributed by atoms with van der Waals surface area (Å²) in [5, 5.41) is 13.3. The number of nitrogens with one attached hydrogen (secondary N) is 1. The monoisotopic (exact) mass is 360 g/mol. The zero-order valence-corrected chi connectivity index (χ0v) is 14.5. The highest BCUT2D eigenvalue weighted by atomic mass is 32.2. The maximum Gasteiger partial charge on any atom is 0.306 e. The third-order valence-electron chi connectivity index (χ3n) is 2.97. The predicted molar refractivity (Wildman–Crippen MR) is 95.0 cm³/mol. The standard InChI is InChI=1S/C17H16N2O3S2/c18-9-11-24-15-6-2-1-5-14(15)19-16(20)12-22-17(21)8-7-13-4-3-10-23-13/h1-6,10H,7-8,11-12H2,(H,19,20). The van der Waals surface area contributed by atoms with Crippen LogP contribution < -0.4 is 5.32 Å². The van der Waals surface area contributed by atoms with E-state index in [9.17, 15) is 9.59 Å². The molecule has 2 aromatic rings. The van der Waals surface area contributed by atoms with E-state index in [1.807, 2.05) is 35.7 Å². The first-order chi connectivity index (χ1) is 11.7. The molecular formula is C17H16N2O3S2. The number of hydrogen-bond donors (Lipinski definition) is 1. The zero-order chi connectivity index (χ0) is 17.2. The van der Waals surface area contributed by atoms with Crippen molar-refractivity contribution in [3.05, 3.63) is 46.7 Å². The normalized spacial score (nSPS) is 9.96. The second-order valence-corrected chi connectivity index (χ2v) is 6.78. The van der Waals surface area contributed by atoms with Gasteiger partial charge in [-0.3, -0.25) is 9.59 Å². The number of ether oxygens (including phenoxy) is 1. The molecule has 0 aliphatic heterocycles. The summed E-state index contributed by atoms with van der Waals surface area (Å²) < 4.78 is 4.99. The van der Waals surface area contributed by atoms with E-state index in [2.05, 4.69) is 5.32 Å². The van der Waals surface area contributed by atoms with Crippen molar-refractivity contribution in [1.29, 1.82) is 5.26 Å². The van der Waals surface area contributed by atoms with Gasteiger partial charge in [0.25, 0.3) is 5.91 Å². The van der Waals surface area contributed by atoms with Crippen molar-refractivity contribution in [3.63, 3.8) is 0 Å². The summed E-state index contributed by atoms with van der Waals surface area (Å²) in [7, 11) is 0. The van der Waals surface area contributed by atoms with Crippen molar-refractivity contribution < 1.29 is 14.3 Å². The number of nitrogens with zero attached hydrogens (tertiary/aromatic N) is 1. The molecule has 0 atom stereocenters. The third-order valence-corrected chi connectivity index (χ3v) is 4.85. The van der Waals surface area contributed by atoms with Crippen LogP contribution in [0.5, 0.6) is 0 Å². The average molecular weight is 360 g/mol. The maximum absolute atomic E-state index is 11.9. The molecule has 0 spiro atoms. The highest BCUT2D eigenvalue weighted by Crippen LogP contribution is 2.26. The highest BCUT2D eigenvalue weighted by Gasteiger charge is 2.10. The van der Waals surface area contributed by atoms with Gasteiger partial charge in [-0.05, 0) is 30.0 Å². The van der Waals surface area contributed by atoms with Gasteiger partial charge < -0.3 is 10.1 Å². The Hall–Kier alpha value is -2.30. The Labute approximate surface area is 148 Å². The molecule has 1 amide bonds. The summed E-state index contributed by atoms with van der Waals surface area (Å²) in [6.45, 7) is -0.319. The summed E-state index contributed by atoms with van der Waals surface area (Å²) in [5.74, 6) is -0.500. The number of hydrogen-bond acceptors (Lipinski definition) is 6. The Morgan fingerprint density at radius 1 is 1.25 bits per heavy atom. The topological polar surface area (TPSA) is 79.2 Å². The molecule has 0 aliphatic rings. The van der Waals surface area contributed by atoms with Crippen LogP contribution in [0.25, 0.3) is 0 Å². The molecule has 1 aromatic carbocycles. The molecule has 2 rings (SSSR count). The Balaban J connectivity index is 1.77. The van der Waals surface area contributed by atoms with E-state index >= 15 is 0 Å². The van der Waals surface area contributed by atoms with Crippen LogP contribution >= 0.6 is 23.1 Å². The molecule has 0 bridgehead atoms. The van der Waals surface area contributed by atoms with Gasteiger partial charge in [0, 0.05) is 9.77 Å². The Morgan fingerprint density at radius 3 is 2.83 bits per heavy atom. The number of nitriles is 1. The largest absolute Gasteiger partial charge is 0.456 e. The number of amides is 1. The zero-order valence-electron chi connectivity index (χ0n) is 12.9. The number of thioether (sulfide) groups is 1. The number of esters is 1. The van der Waals surface area contributed by atoms with E-state index in [0.717, 1.165) is 9.77 Å². The second kappa shape index (κ2) is 9.75. The number of carbonyl (C=O) groups is 2. The van der Waals surface area contributed by atoms with Gasteiger partial charge in [-0.25, -0.2) is 0 Å². The number of anilines is 1. The molecule has 1 aromatic heterocycles. The quantitative estimate of drug-likeness (QED) is 0.576. The van der Waals surface area contributed by atoms with E-state index in [0.29, 0.717) is 17.9 Å². The van der Waals surface area contributed by atoms with Crippen molar-refractivity contribution in [2.24, 2.45) is 0 Å². The summed E-state index contributed by atoms with van der Waals surface area (Å²) >= 11 is 2.92. The molecule has 0 unspecified atom stereocenters. The molecule has 0 radical (unpaired) electrons. The fourth-order valence-electron chi connectivity index (χ4n) is 1.89. The molecule has 124 valence electrons. The highest BCUT2D eigenvalue weighted by molar-refractivity contribution is 7.99. The fraction of sp³-hybridized carbons (Fsp3) is 0.235. The minimum atomic E-state index is -0.399. The third kappa shape index (κ3) is 6.07. The Kier molecular flexibility index (Phi) is 7.33. The van der Waals surface area contributed by atoms with Crippen LogP contribution in [0.2, 0.25) is 0 Å². The van der Waals surface area contributed by atoms with Crippen LogP contribution in [-0.4, -0.2) is 24.2 Å². The van der Waals surface area contributed by atoms with Gasteiger partial charge in [0.05, 0.1) is 23.9 Å². The fourth-order valence-corrected chi connectivity index (χ4v) is 3.27. The molecule has 7 heteroatoms. The van der Waals surface area contributed by atoms with Crippen molar-refractivity contribution in [2.45, 2.75) is 17.7 Å². The summed E-state index contributed by atoms with van der Waals surface area (Å²) in [5.41, 5.74) is 0.609. The van der Waals surface area contributed by atoms with Crippen LogP contribution in [0.3, 0.4) is 0 Å². The van der Waals surface area contributed by atoms with Crippen LogP contribution in [0.15, 0.2) is 46.7 Å². The predicted octanol–water partition coefficient (Wildman–Crippen LogP) is 3.48. The van der Waals surface area contributed by atoms with Crippen LogP contribution in [0, 0.1) is 11.3 Å². The smallest absolute Gasteiger partial charge is 0.306 e. The van der Waals surface area contributed by atoms with Crippen molar-refractivity contribution in [2.75, 3.05) is 17.7 Å². The van der Waals surface area contributed by atoms with Gasteiger partial charge in [0.1, 0.15) is 0 Å². The lowest BCUT2D eigenvalue weighted by Gasteiger charge is -2.10. The van der Waals surface area contributed by atoms with Crippen molar-refractivity contribution in [1.82, 2.24) is 0 Å². The van der Waals surface area contributed by atoms with Gasteiger partial charge in [0.2, 0.25) is 0 Å². The van der Waals surface area contributed by atoms with Gasteiger partial charge in [-0.2, -0.15) is 5.26 Å². The van der Waals surface area contributed by atoms with Gasteiger partial charge >= 0.3 is 5.97 Å². The number of aryl methyl sites for hydroxylation is 1. The number of benzene rings is 1. The minimum absolute atomic E-state index is 0.252.